The average molecular weight is 226 g/mol. The number of nitrogens with two attached hydrogens (primary N) is 3. The molecule has 0 saturated heterocycles. The van der Waals surface area contributed by atoms with Gasteiger partial charge in [-0.05, 0) is 24.8 Å². The second kappa shape index (κ2) is 8.76. The molecule has 0 aliphatic rings. The first-order valence-corrected chi connectivity index (χ1v) is 5.68. The van der Waals surface area contributed by atoms with Gasteiger partial charge < -0.3 is 5.73 Å². The summed E-state index contributed by atoms with van der Waals surface area (Å²) in [6.07, 6.45) is 6.44. The molecule has 16 heavy (non-hydrogen) atoms. The summed E-state index contributed by atoms with van der Waals surface area (Å²) >= 11 is 0. The highest BCUT2D eigenvalue weighted by Gasteiger charge is 1.97. The van der Waals surface area contributed by atoms with Crippen LogP contribution in [-0.2, 0) is 0 Å². The van der Waals surface area contributed by atoms with Gasteiger partial charge in [-0.1, -0.05) is 25.8 Å². The van der Waals surface area contributed by atoms with Crippen molar-refractivity contribution in [2.45, 2.75) is 38.5 Å². The Labute approximate surface area is 97.3 Å². The Balaban J connectivity index is 3.25. The zero-order valence-electron chi connectivity index (χ0n) is 9.89. The van der Waals surface area contributed by atoms with E-state index in [0.717, 1.165) is 44.2 Å². The molecule has 0 unspecified atom stereocenters. The first-order chi connectivity index (χ1) is 7.54. The van der Waals surface area contributed by atoms with Gasteiger partial charge in [0.15, 0.2) is 0 Å². The van der Waals surface area contributed by atoms with Crippen LogP contribution in [0.25, 0.3) is 0 Å². The van der Waals surface area contributed by atoms with Crippen LogP contribution in [0.15, 0.2) is 12.2 Å². The second-order valence-corrected chi connectivity index (χ2v) is 3.92. The van der Waals surface area contributed by atoms with Gasteiger partial charge >= 0.3 is 5.96 Å². The summed E-state index contributed by atoms with van der Waals surface area (Å²) in [4.78, 5) is 2.88. The minimum atomic E-state index is 0.109. The summed E-state index contributed by atoms with van der Waals surface area (Å²) in [5, 5.41) is 7.16. The van der Waals surface area contributed by atoms with Crippen molar-refractivity contribution in [3.05, 3.63) is 12.2 Å². The van der Waals surface area contributed by atoms with Crippen molar-refractivity contribution in [1.29, 1.82) is 5.41 Å². The Kier molecular flexibility index (Phi) is 7.93. The van der Waals surface area contributed by atoms with Crippen molar-refractivity contribution in [3.63, 3.8) is 0 Å². The van der Waals surface area contributed by atoms with Gasteiger partial charge in [-0.2, -0.15) is 0 Å². The van der Waals surface area contributed by atoms with Gasteiger partial charge in [0.2, 0.25) is 0 Å². The van der Waals surface area contributed by atoms with E-state index in [4.69, 9.17) is 22.6 Å². The van der Waals surface area contributed by atoms with Crippen molar-refractivity contribution in [3.8, 4) is 0 Å². The lowest BCUT2D eigenvalue weighted by molar-refractivity contribution is -0.459. The maximum atomic E-state index is 7.16. The molecule has 0 bridgehead atoms. The molecule has 0 radical (unpaired) electrons. The number of amidine groups is 1. The maximum absolute atomic E-state index is 7.16. The third kappa shape index (κ3) is 9.05. The van der Waals surface area contributed by atoms with Crippen molar-refractivity contribution < 1.29 is 4.99 Å². The lowest BCUT2D eigenvalue weighted by Gasteiger charge is -2.02. The summed E-state index contributed by atoms with van der Waals surface area (Å²) in [6, 6.07) is 0. The van der Waals surface area contributed by atoms with E-state index >= 15 is 0 Å². The molecule has 92 valence electrons. The van der Waals surface area contributed by atoms with Gasteiger partial charge in [0.25, 0.3) is 0 Å². The Bertz CT molecular complexity index is 253. The van der Waals surface area contributed by atoms with Crippen LogP contribution in [0.2, 0.25) is 0 Å². The molecule has 0 saturated carbocycles. The van der Waals surface area contributed by atoms with E-state index in [9.17, 15) is 0 Å². The highest BCUT2D eigenvalue weighted by Crippen LogP contribution is 2.08. The zero-order valence-corrected chi connectivity index (χ0v) is 9.89. The first-order valence-electron chi connectivity index (χ1n) is 5.68. The van der Waals surface area contributed by atoms with Crippen molar-refractivity contribution in [2.75, 3.05) is 6.54 Å². The van der Waals surface area contributed by atoms with Crippen molar-refractivity contribution in [2.24, 2.45) is 17.2 Å². The molecule has 0 atom stereocenters. The summed E-state index contributed by atoms with van der Waals surface area (Å²) in [6.45, 7) is 4.57. The SMILES string of the molecule is C=C(CCCCCCC[NH+]=C(N)N)C(=N)N. The number of hydrogen-bond donors (Lipinski definition) is 5. The van der Waals surface area contributed by atoms with Crippen LogP contribution >= 0.6 is 0 Å². The van der Waals surface area contributed by atoms with E-state index in [1.54, 1.807) is 0 Å². The van der Waals surface area contributed by atoms with E-state index in [1.807, 2.05) is 0 Å². The van der Waals surface area contributed by atoms with Gasteiger partial charge in [-0.25, -0.2) is 0 Å². The normalized spacial score (nSPS) is 9.75. The van der Waals surface area contributed by atoms with Crippen LogP contribution in [-0.4, -0.2) is 18.3 Å². The van der Waals surface area contributed by atoms with E-state index in [1.165, 1.54) is 6.42 Å². The fourth-order valence-corrected chi connectivity index (χ4v) is 1.36. The molecule has 0 aliphatic heterocycles. The Morgan fingerprint density at radius 3 is 2.12 bits per heavy atom. The number of guanidine groups is 1. The second-order valence-electron chi connectivity index (χ2n) is 3.92. The molecule has 5 heteroatoms. The molecule has 0 heterocycles. The summed E-state index contributed by atoms with van der Waals surface area (Å²) in [5.41, 5.74) is 16.6. The van der Waals surface area contributed by atoms with E-state index in [0.29, 0.717) is 0 Å². The highest BCUT2D eigenvalue weighted by molar-refractivity contribution is 5.93. The minimum absolute atomic E-state index is 0.109. The van der Waals surface area contributed by atoms with Gasteiger partial charge in [-0.3, -0.25) is 21.9 Å². The standard InChI is InChI=1S/C11H23N5/c1-9(10(12)13)7-5-3-2-4-6-8-16-11(14)15/h1-8H2,(H3,12,13)(H4,14,15,16)/p+1. The smallest absolute Gasteiger partial charge is 0.338 e. The Morgan fingerprint density at radius 1 is 1.00 bits per heavy atom. The van der Waals surface area contributed by atoms with Crippen LogP contribution in [0.5, 0.6) is 0 Å². The lowest BCUT2D eigenvalue weighted by atomic mass is 10.1. The monoisotopic (exact) mass is 226 g/mol. The minimum Gasteiger partial charge on any atom is -0.384 e. The summed E-state index contributed by atoms with van der Waals surface area (Å²) in [7, 11) is 0. The molecule has 0 aliphatic carbocycles. The molecule has 0 rings (SSSR count). The molecule has 0 aromatic rings. The molecule has 0 aromatic heterocycles. The zero-order chi connectivity index (χ0) is 12.4. The van der Waals surface area contributed by atoms with Crippen molar-refractivity contribution in [1.82, 2.24) is 0 Å². The fraction of sp³-hybridized carbons (Fsp3) is 0.636. The first kappa shape index (κ1) is 14.5. The summed E-state index contributed by atoms with van der Waals surface area (Å²) in [5.74, 6) is 0.399. The van der Waals surface area contributed by atoms with E-state index in [2.05, 4.69) is 11.6 Å². The molecular weight excluding hydrogens is 202 g/mol. The van der Waals surface area contributed by atoms with Crippen molar-refractivity contribution >= 4 is 11.8 Å². The maximum Gasteiger partial charge on any atom is 0.338 e. The predicted octanol–water partition coefficient (Wildman–Crippen LogP) is -0.827. The average Bonchev–Trinajstić information content (AvgIpc) is 2.21. The lowest BCUT2D eigenvalue weighted by Crippen LogP contribution is -2.78. The molecular formula is C11H24N5+. The van der Waals surface area contributed by atoms with Gasteiger partial charge in [-0.15, -0.1) is 0 Å². The third-order valence-electron chi connectivity index (χ3n) is 2.37. The van der Waals surface area contributed by atoms with E-state index in [-0.39, 0.29) is 11.8 Å². The van der Waals surface area contributed by atoms with Gasteiger partial charge in [0.1, 0.15) is 5.84 Å². The van der Waals surface area contributed by atoms with Crippen LogP contribution in [0, 0.1) is 5.41 Å². The summed E-state index contributed by atoms with van der Waals surface area (Å²) < 4.78 is 0. The van der Waals surface area contributed by atoms with Crippen LogP contribution in [0.1, 0.15) is 38.5 Å². The van der Waals surface area contributed by atoms with Crippen LogP contribution < -0.4 is 22.2 Å². The third-order valence-corrected chi connectivity index (χ3v) is 2.37. The molecule has 5 nitrogen and oxygen atoms in total. The molecule has 0 aromatic carbocycles. The molecule has 0 fully saturated rings. The number of unbranched alkanes of at least 4 members (excludes halogenated alkanes) is 4. The number of nitrogens with one attached hydrogen (secondary N) is 2. The Morgan fingerprint density at radius 2 is 1.56 bits per heavy atom. The predicted molar refractivity (Wildman–Crippen MR) is 68.0 cm³/mol. The number of rotatable bonds is 9. The van der Waals surface area contributed by atoms with Gasteiger partial charge in [0.05, 0.1) is 6.54 Å². The van der Waals surface area contributed by atoms with Crippen LogP contribution in [0.4, 0.5) is 0 Å². The van der Waals surface area contributed by atoms with Crippen LogP contribution in [0.3, 0.4) is 0 Å². The molecule has 0 amide bonds. The quantitative estimate of drug-likeness (QED) is 0.201. The largest absolute Gasteiger partial charge is 0.384 e. The number of hydrogen-bond acceptors (Lipinski definition) is 1. The molecule has 8 N–H and O–H groups in total. The van der Waals surface area contributed by atoms with E-state index < -0.39 is 0 Å². The molecule has 0 spiro atoms. The topological polar surface area (TPSA) is 116 Å². The van der Waals surface area contributed by atoms with Gasteiger partial charge in [0, 0.05) is 0 Å². The Hall–Kier alpha value is -1.52. The fourth-order valence-electron chi connectivity index (χ4n) is 1.36. The highest BCUT2D eigenvalue weighted by atomic mass is 15.0.